The van der Waals surface area contributed by atoms with Gasteiger partial charge in [-0.05, 0) is 132 Å². The van der Waals surface area contributed by atoms with Crippen molar-refractivity contribution in [1.82, 2.24) is 4.57 Å². The van der Waals surface area contributed by atoms with Crippen LogP contribution in [-0.2, 0) is 16.1 Å². The first-order valence-electron chi connectivity index (χ1n) is 15.4. The predicted octanol–water partition coefficient (Wildman–Crippen LogP) is 6.94. The minimum atomic E-state index is -0.799. The van der Waals surface area contributed by atoms with Gasteiger partial charge in [-0.25, -0.2) is 9.79 Å². The summed E-state index contributed by atoms with van der Waals surface area (Å²) in [6.07, 6.45) is 1.72. The second kappa shape index (κ2) is 15.7. The maximum absolute atomic E-state index is 14.2. The summed E-state index contributed by atoms with van der Waals surface area (Å²) in [4.78, 5) is 32.7. The van der Waals surface area contributed by atoms with Crippen LogP contribution in [0.25, 0.3) is 6.08 Å². The van der Waals surface area contributed by atoms with Gasteiger partial charge >= 0.3 is 5.97 Å². The minimum absolute atomic E-state index is 0.0727. The number of benzene rings is 3. The number of ether oxygens (including phenoxy) is 5. The summed E-state index contributed by atoms with van der Waals surface area (Å²) in [5, 5.41) is 0. The lowest BCUT2D eigenvalue weighted by Crippen LogP contribution is -2.40. The number of fused-ring (bicyclic) bond motifs is 1. The number of halogens is 2. The summed E-state index contributed by atoms with van der Waals surface area (Å²) in [6, 6.07) is 16.5. The van der Waals surface area contributed by atoms with Crippen LogP contribution in [0.5, 0.6) is 23.0 Å². The van der Waals surface area contributed by atoms with E-state index >= 15 is 0 Å². The Kier molecular flexibility index (Phi) is 11.7. The summed E-state index contributed by atoms with van der Waals surface area (Å²) < 4.78 is 33.0. The van der Waals surface area contributed by atoms with Gasteiger partial charge in [0, 0.05) is 3.57 Å². The molecule has 0 unspecified atom stereocenters. The molecule has 0 aliphatic carbocycles. The van der Waals surface area contributed by atoms with Crippen molar-refractivity contribution in [3.05, 3.63) is 110 Å². The summed E-state index contributed by atoms with van der Waals surface area (Å²) >= 11 is 7.17. The Labute approximate surface area is 305 Å². The number of esters is 1. The molecule has 4 aromatic rings. The van der Waals surface area contributed by atoms with Gasteiger partial charge in [0.15, 0.2) is 27.8 Å². The molecule has 0 spiro atoms. The van der Waals surface area contributed by atoms with E-state index in [-0.39, 0.29) is 23.8 Å². The van der Waals surface area contributed by atoms with Gasteiger partial charge in [0.2, 0.25) is 0 Å². The van der Waals surface area contributed by atoms with Crippen LogP contribution in [0, 0.1) is 3.57 Å². The third-order valence-electron chi connectivity index (χ3n) is 7.31. The van der Waals surface area contributed by atoms with Crippen molar-refractivity contribution in [2.75, 3.05) is 20.3 Å². The van der Waals surface area contributed by atoms with E-state index in [9.17, 15) is 9.59 Å². The van der Waals surface area contributed by atoms with Gasteiger partial charge in [0.25, 0.3) is 5.56 Å². The average molecular weight is 848 g/mol. The zero-order chi connectivity index (χ0) is 34.5. The van der Waals surface area contributed by atoms with Crippen molar-refractivity contribution >= 4 is 61.9 Å². The monoisotopic (exact) mass is 846 g/mol. The summed E-state index contributed by atoms with van der Waals surface area (Å²) in [5.74, 6) is 1.63. The Morgan fingerprint density at radius 3 is 2.46 bits per heavy atom. The van der Waals surface area contributed by atoms with Crippen molar-refractivity contribution in [3.8, 4) is 23.0 Å². The first kappa shape index (κ1) is 35.7. The largest absolute Gasteiger partial charge is 0.493 e. The molecule has 0 saturated heterocycles. The standard InChI is InChI=1S/C36H36BrIN2O7S/c1-7-44-29-16-23(15-26(37)33(29)46-19-22-9-12-25(38)13-10-22)17-30-34(41)40-32(24-11-14-27(47-20(3)4)28(18-24)43-6)31(35(42)45-8-2)21(5)39-36(40)48-30/h9-18,20,32H,7-8,19H2,1-6H3/b30-17-/t32-/m1/s1. The van der Waals surface area contributed by atoms with E-state index in [0.717, 1.165) is 14.7 Å². The van der Waals surface area contributed by atoms with Crippen LogP contribution in [0.3, 0.4) is 0 Å². The number of allylic oxidation sites excluding steroid dienone is 1. The summed E-state index contributed by atoms with van der Waals surface area (Å²) in [5.41, 5.74) is 2.88. The molecule has 0 saturated carbocycles. The Bertz CT molecular complexity index is 2040. The van der Waals surface area contributed by atoms with Crippen LogP contribution in [-0.4, -0.2) is 37.0 Å². The van der Waals surface area contributed by atoms with Gasteiger partial charge in [-0.3, -0.25) is 9.36 Å². The number of aromatic nitrogens is 1. The van der Waals surface area contributed by atoms with Gasteiger partial charge in [0.05, 0.1) is 52.7 Å². The summed E-state index contributed by atoms with van der Waals surface area (Å²) in [7, 11) is 1.55. The second-order valence-corrected chi connectivity index (χ2v) is 14.2. The fourth-order valence-electron chi connectivity index (χ4n) is 5.27. The van der Waals surface area contributed by atoms with Crippen LogP contribution in [0.1, 0.15) is 57.4 Å². The maximum atomic E-state index is 14.2. The van der Waals surface area contributed by atoms with E-state index in [1.165, 1.54) is 11.3 Å². The molecule has 0 N–H and O–H groups in total. The van der Waals surface area contributed by atoms with Crippen molar-refractivity contribution in [3.63, 3.8) is 0 Å². The molecule has 3 aromatic carbocycles. The number of rotatable bonds is 12. The summed E-state index contributed by atoms with van der Waals surface area (Å²) in [6.45, 7) is 10.2. The molecule has 252 valence electrons. The van der Waals surface area contributed by atoms with E-state index in [1.807, 2.05) is 63.2 Å². The molecule has 0 fully saturated rings. The molecule has 1 aliphatic rings. The molecule has 0 radical (unpaired) electrons. The van der Waals surface area contributed by atoms with E-state index in [2.05, 4.69) is 38.5 Å². The van der Waals surface area contributed by atoms with Crippen molar-refractivity contribution in [2.24, 2.45) is 4.99 Å². The van der Waals surface area contributed by atoms with Crippen molar-refractivity contribution in [2.45, 2.75) is 53.4 Å². The molecule has 1 aliphatic heterocycles. The van der Waals surface area contributed by atoms with Gasteiger partial charge in [0.1, 0.15) is 6.61 Å². The Morgan fingerprint density at radius 1 is 1.04 bits per heavy atom. The van der Waals surface area contributed by atoms with Crippen LogP contribution in [0.2, 0.25) is 0 Å². The number of hydrogen-bond acceptors (Lipinski definition) is 9. The number of methoxy groups -OCH3 is 1. The molecule has 0 bridgehead atoms. The zero-order valence-electron chi connectivity index (χ0n) is 27.5. The quantitative estimate of drug-likeness (QED) is 0.113. The van der Waals surface area contributed by atoms with Gasteiger partial charge in [-0.1, -0.05) is 29.5 Å². The number of carbonyl (C=O) groups excluding carboxylic acids is 1. The molecule has 2 heterocycles. The molecule has 9 nitrogen and oxygen atoms in total. The second-order valence-electron chi connectivity index (χ2n) is 11.1. The van der Waals surface area contributed by atoms with Gasteiger partial charge in [-0.2, -0.15) is 0 Å². The van der Waals surface area contributed by atoms with Gasteiger partial charge in [-0.15, -0.1) is 0 Å². The first-order valence-corrected chi connectivity index (χ1v) is 18.1. The highest BCUT2D eigenvalue weighted by Crippen LogP contribution is 2.39. The highest BCUT2D eigenvalue weighted by atomic mass is 127. The molecular weight excluding hydrogens is 811 g/mol. The minimum Gasteiger partial charge on any atom is -0.493 e. The van der Waals surface area contributed by atoms with E-state index in [0.29, 0.717) is 61.3 Å². The van der Waals surface area contributed by atoms with Crippen molar-refractivity contribution < 1.29 is 28.5 Å². The fourth-order valence-corrected chi connectivity index (χ4v) is 7.25. The number of nitrogens with zero attached hydrogens (tertiary/aromatic N) is 2. The van der Waals surface area contributed by atoms with Crippen LogP contribution in [0.15, 0.2) is 80.1 Å². The normalized spacial score (nSPS) is 14.4. The Hall–Kier alpha value is -3.62. The molecule has 5 rings (SSSR count). The molecule has 48 heavy (non-hydrogen) atoms. The highest BCUT2D eigenvalue weighted by molar-refractivity contribution is 14.1. The molecular formula is C36H36BrIN2O7S. The lowest BCUT2D eigenvalue weighted by Gasteiger charge is -2.25. The van der Waals surface area contributed by atoms with Gasteiger partial charge < -0.3 is 23.7 Å². The number of hydrogen-bond donors (Lipinski definition) is 0. The first-order chi connectivity index (χ1) is 23.0. The highest BCUT2D eigenvalue weighted by Gasteiger charge is 2.34. The van der Waals surface area contributed by atoms with E-state index in [4.69, 9.17) is 28.7 Å². The Balaban J connectivity index is 1.60. The Morgan fingerprint density at radius 2 is 1.79 bits per heavy atom. The lowest BCUT2D eigenvalue weighted by molar-refractivity contribution is -0.139. The third-order valence-corrected chi connectivity index (χ3v) is 9.60. The molecule has 0 amide bonds. The number of carbonyl (C=O) groups is 1. The smallest absolute Gasteiger partial charge is 0.338 e. The van der Waals surface area contributed by atoms with Crippen molar-refractivity contribution in [1.29, 1.82) is 0 Å². The molecule has 1 atom stereocenters. The van der Waals surface area contributed by atoms with E-state index in [1.54, 1.807) is 43.7 Å². The zero-order valence-corrected chi connectivity index (χ0v) is 32.0. The maximum Gasteiger partial charge on any atom is 0.338 e. The van der Waals surface area contributed by atoms with E-state index < -0.39 is 12.0 Å². The van der Waals surface area contributed by atoms with Crippen LogP contribution >= 0.6 is 49.9 Å². The number of thiazole rings is 1. The molecule has 1 aromatic heterocycles. The SMILES string of the molecule is CCOC(=O)C1=C(C)N=c2s/c(=C\c3cc(Br)c(OCc4ccc(I)cc4)c(OCC)c3)c(=O)n2[C@@H]1c1ccc(OC(C)C)c(OC)c1. The molecule has 12 heteroatoms. The fraction of sp³-hybridized carbons (Fsp3) is 0.306. The third kappa shape index (κ3) is 7.81. The lowest BCUT2D eigenvalue weighted by atomic mass is 9.95. The van der Waals surface area contributed by atoms with Crippen LogP contribution < -0.4 is 33.8 Å². The van der Waals surface area contributed by atoms with Crippen LogP contribution in [0.4, 0.5) is 0 Å². The average Bonchev–Trinajstić information content (AvgIpc) is 3.34. The predicted molar refractivity (Wildman–Crippen MR) is 198 cm³/mol. The topological polar surface area (TPSA) is 97.6 Å².